The van der Waals surface area contributed by atoms with E-state index in [1.54, 1.807) is 45.0 Å². The van der Waals surface area contributed by atoms with E-state index in [2.05, 4.69) is 5.32 Å². The van der Waals surface area contributed by atoms with Gasteiger partial charge in [0, 0.05) is 0 Å². The van der Waals surface area contributed by atoms with Gasteiger partial charge in [0.25, 0.3) is 0 Å². The van der Waals surface area contributed by atoms with Gasteiger partial charge in [-0.2, -0.15) is 0 Å². The van der Waals surface area contributed by atoms with E-state index in [4.69, 9.17) is 21.4 Å². The molecule has 0 aliphatic rings. The molecule has 0 fully saturated rings. The largest absolute Gasteiger partial charge is 0.491 e. The zero-order chi connectivity index (χ0) is 16.0. The van der Waals surface area contributed by atoms with Gasteiger partial charge in [-0.15, -0.1) is 0 Å². The Hall–Kier alpha value is -1.75. The molecule has 2 N–H and O–H groups in total. The first-order chi connectivity index (χ1) is 9.71. The van der Waals surface area contributed by atoms with Crippen molar-refractivity contribution in [1.82, 2.24) is 5.32 Å². The Morgan fingerprint density at radius 2 is 1.95 bits per heavy atom. The number of rotatable bonds is 6. The first kappa shape index (κ1) is 17.3. The zero-order valence-electron chi connectivity index (χ0n) is 12.4. The maximum atomic E-state index is 11.8. The fourth-order valence-electron chi connectivity index (χ4n) is 1.70. The lowest BCUT2D eigenvalue weighted by atomic mass is 9.86. The molecule has 6 heteroatoms. The highest BCUT2D eigenvalue weighted by Crippen LogP contribution is 2.23. The van der Waals surface area contributed by atoms with Crippen LogP contribution >= 0.6 is 11.6 Å². The van der Waals surface area contributed by atoms with Gasteiger partial charge in [0.1, 0.15) is 11.8 Å². The maximum Gasteiger partial charge on any atom is 0.326 e. The van der Waals surface area contributed by atoms with Gasteiger partial charge in [-0.3, -0.25) is 4.79 Å². The number of carbonyl (C=O) groups is 2. The van der Waals surface area contributed by atoms with Crippen LogP contribution in [0.3, 0.4) is 0 Å². The second-order valence-corrected chi connectivity index (χ2v) is 6.14. The Kier molecular flexibility index (Phi) is 6.03. The summed E-state index contributed by atoms with van der Waals surface area (Å²) >= 11 is 5.92. The highest BCUT2D eigenvalue weighted by Gasteiger charge is 2.32. The second-order valence-electron chi connectivity index (χ2n) is 5.73. The van der Waals surface area contributed by atoms with Crippen molar-refractivity contribution in [1.29, 1.82) is 0 Å². The summed E-state index contributed by atoms with van der Waals surface area (Å²) in [7, 11) is 0. The fourth-order valence-corrected chi connectivity index (χ4v) is 1.89. The Morgan fingerprint density at radius 1 is 1.33 bits per heavy atom. The van der Waals surface area contributed by atoms with Crippen molar-refractivity contribution in [3.05, 3.63) is 29.3 Å². The molecule has 1 aromatic rings. The van der Waals surface area contributed by atoms with E-state index in [-0.39, 0.29) is 18.9 Å². The molecular formula is C15H20ClNO4. The molecule has 0 bridgehead atoms. The number of amides is 1. The van der Waals surface area contributed by atoms with Crippen molar-refractivity contribution < 1.29 is 19.4 Å². The van der Waals surface area contributed by atoms with Crippen molar-refractivity contribution in [2.24, 2.45) is 5.41 Å². The molecule has 21 heavy (non-hydrogen) atoms. The molecule has 116 valence electrons. The number of ether oxygens (including phenoxy) is 1. The first-order valence-corrected chi connectivity index (χ1v) is 6.99. The summed E-state index contributed by atoms with van der Waals surface area (Å²) in [6.07, 6.45) is 0.0606. The van der Waals surface area contributed by atoms with Crippen LogP contribution in [0, 0.1) is 5.41 Å². The number of aliphatic carboxylic acids is 1. The van der Waals surface area contributed by atoms with Crippen molar-refractivity contribution in [3.8, 4) is 5.75 Å². The van der Waals surface area contributed by atoms with E-state index in [9.17, 15) is 9.59 Å². The van der Waals surface area contributed by atoms with Gasteiger partial charge >= 0.3 is 5.97 Å². The van der Waals surface area contributed by atoms with Crippen LogP contribution in [-0.4, -0.2) is 29.6 Å². The molecule has 0 spiro atoms. The topological polar surface area (TPSA) is 75.6 Å². The third-order valence-corrected chi connectivity index (χ3v) is 3.15. The van der Waals surface area contributed by atoms with Crippen molar-refractivity contribution in [2.75, 3.05) is 6.61 Å². The van der Waals surface area contributed by atoms with Crippen LogP contribution in [0.25, 0.3) is 0 Å². The predicted molar refractivity (Wildman–Crippen MR) is 80.6 cm³/mol. The third kappa shape index (κ3) is 5.63. The quantitative estimate of drug-likeness (QED) is 0.846. The van der Waals surface area contributed by atoms with E-state index in [0.717, 1.165) is 0 Å². The van der Waals surface area contributed by atoms with Crippen molar-refractivity contribution >= 4 is 23.5 Å². The van der Waals surface area contributed by atoms with Gasteiger partial charge in [-0.25, -0.2) is 4.79 Å². The summed E-state index contributed by atoms with van der Waals surface area (Å²) in [5.74, 6) is -0.926. The summed E-state index contributed by atoms with van der Waals surface area (Å²) in [6.45, 7) is 5.40. The van der Waals surface area contributed by atoms with Gasteiger partial charge in [0.15, 0.2) is 0 Å². The Balaban J connectivity index is 2.47. The van der Waals surface area contributed by atoms with Gasteiger partial charge in [0.2, 0.25) is 5.91 Å². The lowest BCUT2D eigenvalue weighted by Gasteiger charge is -2.27. The summed E-state index contributed by atoms with van der Waals surface area (Å²) in [4.78, 5) is 23.0. The average Bonchev–Trinajstić information content (AvgIpc) is 2.36. The highest BCUT2D eigenvalue weighted by atomic mass is 35.5. The minimum absolute atomic E-state index is 0.0606. The smallest absolute Gasteiger partial charge is 0.326 e. The van der Waals surface area contributed by atoms with Crippen molar-refractivity contribution in [3.63, 3.8) is 0 Å². The number of carbonyl (C=O) groups excluding carboxylic acids is 1. The first-order valence-electron chi connectivity index (χ1n) is 6.61. The van der Waals surface area contributed by atoms with Crippen LogP contribution < -0.4 is 10.1 Å². The molecule has 1 atom stereocenters. The monoisotopic (exact) mass is 313 g/mol. The zero-order valence-corrected chi connectivity index (χ0v) is 13.1. The molecule has 0 aliphatic carbocycles. The Morgan fingerprint density at radius 3 is 2.48 bits per heavy atom. The minimum atomic E-state index is -1.05. The van der Waals surface area contributed by atoms with E-state index < -0.39 is 17.4 Å². The SMILES string of the molecule is CC(C)(C)C(NC(=O)CCOc1ccccc1Cl)C(=O)O. The lowest BCUT2D eigenvalue weighted by molar-refractivity contribution is -0.145. The van der Waals surface area contributed by atoms with Gasteiger partial charge < -0.3 is 15.2 Å². The molecule has 0 aromatic heterocycles. The van der Waals surface area contributed by atoms with Crippen LogP contribution in [0.4, 0.5) is 0 Å². The summed E-state index contributed by atoms with van der Waals surface area (Å²) in [6, 6.07) is 6.02. The van der Waals surface area contributed by atoms with Gasteiger partial charge in [-0.05, 0) is 17.5 Å². The van der Waals surface area contributed by atoms with Gasteiger partial charge in [0.05, 0.1) is 18.1 Å². The van der Waals surface area contributed by atoms with E-state index >= 15 is 0 Å². The lowest BCUT2D eigenvalue weighted by Crippen LogP contribution is -2.49. The van der Waals surface area contributed by atoms with Crippen molar-refractivity contribution in [2.45, 2.75) is 33.2 Å². The number of hydrogen-bond acceptors (Lipinski definition) is 3. The van der Waals surface area contributed by atoms with Crippen LogP contribution in [0.2, 0.25) is 5.02 Å². The second kappa shape index (κ2) is 7.31. The Bertz CT molecular complexity index is 511. The summed E-state index contributed by atoms with van der Waals surface area (Å²) < 4.78 is 5.39. The van der Waals surface area contributed by atoms with Crippen LogP contribution in [0.1, 0.15) is 27.2 Å². The van der Waals surface area contributed by atoms with Crippen LogP contribution in [0.15, 0.2) is 24.3 Å². The average molecular weight is 314 g/mol. The van der Waals surface area contributed by atoms with Crippen LogP contribution in [-0.2, 0) is 9.59 Å². The summed E-state index contributed by atoms with van der Waals surface area (Å²) in [5, 5.41) is 12.1. The predicted octanol–water partition coefficient (Wildman–Crippen LogP) is 2.72. The molecule has 0 saturated heterocycles. The van der Waals surface area contributed by atoms with Crippen LogP contribution in [0.5, 0.6) is 5.75 Å². The summed E-state index contributed by atoms with van der Waals surface area (Å²) in [5.41, 5.74) is -0.564. The third-order valence-electron chi connectivity index (χ3n) is 2.84. The standard InChI is InChI=1S/C15H20ClNO4/c1-15(2,3)13(14(19)20)17-12(18)8-9-21-11-7-5-4-6-10(11)16/h4-7,13H,8-9H2,1-3H3,(H,17,18)(H,19,20). The molecular weight excluding hydrogens is 294 g/mol. The number of nitrogens with one attached hydrogen (secondary N) is 1. The number of carboxylic acids is 1. The van der Waals surface area contributed by atoms with Gasteiger partial charge in [-0.1, -0.05) is 44.5 Å². The number of benzene rings is 1. The number of para-hydroxylation sites is 1. The number of carboxylic acid groups (broad SMARTS) is 1. The molecule has 1 rings (SSSR count). The normalized spacial score (nSPS) is 12.6. The maximum absolute atomic E-state index is 11.8. The molecule has 5 nitrogen and oxygen atoms in total. The molecule has 1 aromatic carbocycles. The highest BCUT2D eigenvalue weighted by molar-refractivity contribution is 6.32. The number of hydrogen-bond donors (Lipinski definition) is 2. The molecule has 0 radical (unpaired) electrons. The number of halogens is 1. The molecule has 0 aliphatic heterocycles. The minimum Gasteiger partial charge on any atom is -0.491 e. The molecule has 1 unspecified atom stereocenters. The fraction of sp³-hybridized carbons (Fsp3) is 0.467. The van der Waals surface area contributed by atoms with E-state index in [1.165, 1.54) is 0 Å². The molecule has 0 saturated carbocycles. The Labute approximate surface area is 129 Å². The molecule has 1 amide bonds. The van der Waals surface area contributed by atoms with E-state index in [1.807, 2.05) is 0 Å². The molecule has 0 heterocycles. The van der Waals surface area contributed by atoms with E-state index in [0.29, 0.717) is 10.8 Å².